The Bertz CT molecular complexity index is 2170. The number of para-hydroxylation sites is 2. The lowest BCUT2D eigenvalue weighted by molar-refractivity contribution is -0.135. The fourth-order valence-electron chi connectivity index (χ4n) is 8.99. The SMILES string of the molecule is CN(c1cccc(N2CCN(CC(=O)N3CCC(Oc4ccccc4)CC3)CC2)c1)C1CCC(=O)NC1=O.CN1C2COCC1CN(c1cc(-c3ccccc3O)nnc1N)C2. The monoisotopic (exact) mass is 846 g/mol. The molecule has 5 aliphatic heterocycles. The molecule has 4 N–H and O–H groups in total. The van der Waals surface area contributed by atoms with E-state index in [9.17, 15) is 19.5 Å². The van der Waals surface area contributed by atoms with Crippen LogP contribution >= 0.6 is 0 Å². The molecule has 5 fully saturated rings. The van der Waals surface area contributed by atoms with Gasteiger partial charge in [0.05, 0.1) is 43.2 Å². The lowest BCUT2D eigenvalue weighted by atomic mass is 10.0. The van der Waals surface area contributed by atoms with Crippen molar-refractivity contribution in [3.05, 3.63) is 84.9 Å². The van der Waals surface area contributed by atoms with Gasteiger partial charge in [0.1, 0.15) is 23.6 Å². The number of phenolic OH excluding ortho intramolecular Hbond substituents is 1. The first-order chi connectivity index (χ1) is 30.1. The number of nitrogens with one attached hydrogen (secondary N) is 1. The number of benzene rings is 3. The van der Waals surface area contributed by atoms with Crippen LogP contribution < -0.4 is 30.5 Å². The smallest absolute Gasteiger partial charge is 0.249 e. The molecule has 0 aliphatic carbocycles. The van der Waals surface area contributed by atoms with E-state index < -0.39 is 0 Å². The zero-order valence-corrected chi connectivity index (χ0v) is 35.6. The molecule has 9 rings (SSSR count). The number of piperidine rings is 2. The summed E-state index contributed by atoms with van der Waals surface area (Å²) < 4.78 is 11.7. The summed E-state index contributed by atoms with van der Waals surface area (Å²) in [5.41, 5.74) is 10.3. The number of imide groups is 1. The summed E-state index contributed by atoms with van der Waals surface area (Å²) in [4.78, 5) is 49.9. The summed E-state index contributed by atoms with van der Waals surface area (Å²) in [5, 5.41) is 20.8. The van der Waals surface area contributed by atoms with Crippen molar-refractivity contribution in [3.8, 4) is 22.8 Å². The second kappa shape index (κ2) is 19.4. The first-order valence-electron chi connectivity index (χ1n) is 21.7. The second-order valence-corrected chi connectivity index (χ2v) is 16.8. The highest BCUT2D eigenvalue weighted by atomic mass is 16.5. The minimum atomic E-state index is -0.347. The molecule has 62 heavy (non-hydrogen) atoms. The van der Waals surface area contributed by atoms with Gasteiger partial charge in [-0.05, 0) is 62.0 Å². The normalized spacial score (nSPS) is 22.4. The average molecular weight is 847 g/mol. The number of hydrogen-bond donors (Lipinski definition) is 3. The van der Waals surface area contributed by atoms with Crippen LogP contribution in [0.4, 0.5) is 22.9 Å². The fourth-order valence-corrected chi connectivity index (χ4v) is 8.99. The highest BCUT2D eigenvalue weighted by molar-refractivity contribution is 6.01. The Morgan fingerprint density at radius 3 is 2.29 bits per heavy atom. The minimum absolute atomic E-state index is 0.162. The number of nitrogens with zero attached hydrogens (tertiary/aromatic N) is 8. The molecule has 4 aromatic rings. The Balaban J connectivity index is 0.000000189. The van der Waals surface area contributed by atoms with Crippen LogP contribution in [0.3, 0.4) is 0 Å². The fraction of sp³-hybridized carbons (Fsp3) is 0.457. The highest BCUT2D eigenvalue weighted by Gasteiger charge is 2.37. The van der Waals surface area contributed by atoms with E-state index in [1.165, 1.54) is 0 Å². The number of nitrogens with two attached hydrogens (primary N) is 1. The van der Waals surface area contributed by atoms with Gasteiger partial charge in [-0.15, -0.1) is 10.2 Å². The first kappa shape index (κ1) is 42.7. The van der Waals surface area contributed by atoms with Gasteiger partial charge in [0, 0.05) is 95.6 Å². The molecular formula is C46H58N10O6. The molecular weight excluding hydrogens is 789 g/mol. The van der Waals surface area contributed by atoms with Gasteiger partial charge in [0.2, 0.25) is 17.7 Å². The van der Waals surface area contributed by atoms with E-state index in [0.717, 1.165) is 101 Å². The number of phenols is 1. The number of anilines is 4. The predicted molar refractivity (Wildman–Crippen MR) is 238 cm³/mol. The second-order valence-electron chi connectivity index (χ2n) is 16.8. The van der Waals surface area contributed by atoms with E-state index in [0.29, 0.717) is 48.5 Å². The maximum Gasteiger partial charge on any atom is 0.249 e. The van der Waals surface area contributed by atoms with Gasteiger partial charge in [0.15, 0.2) is 5.82 Å². The largest absolute Gasteiger partial charge is 0.507 e. The summed E-state index contributed by atoms with van der Waals surface area (Å²) in [5.74, 6) is 1.25. The van der Waals surface area contributed by atoms with Gasteiger partial charge in [-0.3, -0.25) is 29.5 Å². The predicted octanol–water partition coefficient (Wildman–Crippen LogP) is 3.07. The molecule has 16 heteroatoms. The van der Waals surface area contributed by atoms with Crippen LogP contribution in [0.15, 0.2) is 84.9 Å². The van der Waals surface area contributed by atoms with Crippen molar-refractivity contribution < 1.29 is 29.0 Å². The Labute approximate surface area is 363 Å². The molecule has 3 unspecified atom stereocenters. The summed E-state index contributed by atoms with van der Waals surface area (Å²) in [6, 6.07) is 27.5. The van der Waals surface area contributed by atoms with Crippen molar-refractivity contribution >= 4 is 40.6 Å². The average Bonchev–Trinajstić information content (AvgIpc) is 3.28. The maximum absolute atomic E-state index is 13.0. The van der Waals surface area contributed by atoms with Crippen molar-refractivity contribution in [1.29, 1.82) is 0 Å². The molecule has 0 radical (unpaired) electrons. The van der Waals surface area contributed by atoms with Crippen molar-refractivity contribution in [2.24, 2.45) is 0 Å². The number of likely N-dealkylation sites (N-methyl/N-ethyl adjacent to an activating group) is 2. The molecule has 5 aliphatic rings. The third-order valence-corrected chi connectivity index (χ3v) is 12.8. The quantitative estimate of drug-likeness (QED) is 0.210. The number of carbonyl (C=O) groups excluding carboxylic acids is 3. The van der Waals surface area contributed by atoms with E-state index in [4.69, 9.17) is 15.2 Å². The molecule has 1 aromatic heterocycles. The topological polar surface area (TPSA) is 173 Å². The van der Waals surface area contributed by atoms with Crippen LogP contribution in [0.1, 0.15) is 25.7 Å². The van der Waals surface area contributed by atoms with Crippen LogP contribution in [-0.4, -0.2) is 158 Å². The van der Waals surface area contributed by atoms with Crippen LogP contribution in [-0.2, 0) is 19.1 Å². The van der Waals surface area contributed by atoms with Gasteiger partial charge in [-0.2, -0.15) is 0 Å². The molecule has 16 nitrogen and oxygen atoms in total. The molecule has 0 saturated carbocycles. The van der Waals surface area contributed by atoms with E-state index in [-0.39, 0.29) is 35.6 Å². The summed E-state index contributed by atoms with van der Waals surface area (Å²) in [7, 11) is 4.05. The van der Waals surface area contributed by atoms with Gasteiger partial charge >= 0.3 is 0 Å². The lowest BCUT2D eigenvalue weighted by Gasteiger charge is -2.48. The summed E-state index contributed by atoms with van der Waals surface area (Å²) in [6.45, 7) is 8.40. The van der Waals surface area contributed by atoms with Crippen LogP contribution in [0.25, 0.3) is 11.3 Å². The lowest BCUT2D eigenvalue weighted by Crippen LogP contribution is -2.63. The van der Waals surface area contributed by atoms with Gasteiger partial charge in [-0.25, -0.2) is 0 Å². The molecule has 3 amide bonds. The number of amides is 3. The maximum atomic E-state index is 13.0. The minimum Gasteiger partial charge on any atom is -0.507 e. The third-order valence-electron chi connectivity index (χ3n) is 12.8. The molecule has 5 saturated heterocycles. The van der Waals surface area contributed by atoms with E-state index in [1.807, 2.05) is 77.5 Å². The Hall–Kier alpha value is -5.97. The first-order valence-corrected chi connectivity index (χ1v) is 21.7. The van der Waals surface area contributed by atoms with Gasteiger partial charge in [0.25, 0.3) is 0 Å². The number of likely N-dealkylation sites (tertiary alicyclic amines) is 1. The standard InChI is InChI=1S/C29H37N5O4.C17H21N5O2/c1-31(26-10-11-27(35)30-29(26)37)22-6-5-7-23(20-22)33-18-16-32(17-19-33)21-28(36)34-14-12-25(13-15-34)38-24-8-3-2-4-9-24;1-21-11-7-22(8-12(21)10-24-9-11)15-6-14(19-20-17(15)18)13-4-2-3-5-16(13)23/h2-9,20,25-26H,10-19,21H2,1H3,(H,30,35,37);2-6,11-12,23H,7-10H2,1H3,(H2,18,20). The Morgan fingerprint density at radius 1 is 0.871 bits per heavy atom. The van der Waals surface area contributed by atoms with Crippen LogP contribution in [0, 0.1) is 0 Å². The Kier molecular flexibility index (Phi) is 13.4. The zero-order chi connectivity index (χ0) is 43.2. The number of carbonyl (C=O) groups is 3. The van der Waals surface area contributed by atoms with Gasteiger partial charge < -0.3 is 39.9 Å². The number of fused-ring (bicyclic) bond motifs is 2. The highest BCUT2D eigenvalue weighted by Crippen LogP contribution is 2.34. The number of nitrogen functional groups attached to an aromatic ring is 1. The summed E-state index contributed by atoms with van der Waals surface area (Å²) in [6.07, 6.45) is 2.77. The van der Waals surface area contributed by atoms with Crippen molar-refractivity contribution in [3.63, 3.8) is 0 Å². The molecule has 3 aromatic carbocycles. The van der Waals surface area contributed by atoms with E-state index in [1.54, 1.807) is 12.1 Å². The molecule has 328 valence electrons. The number of hydrogen-bond acceptors (Lipinski definition) is 14. The molecule has 3 atom stereocenters. The number of rotatable bonds is 9. The molecule has 6 heterocycles. The van der Waals surface area contributed by atoms with Crippen LogP contribution in [0.5, 0.6) is 11.5 Å². The van der Waals surface area contributed by atoms with Gasteiger partial charge in [-0.1, -0.05) is 36.4 Å². The van der Waals surface area contributed by atoms with Crippen molar-refractivity contribution in [2.75, 3.05) is 107 Å². The number of aromatic nitrogens is 2. The van der Waals surface area contributed by atoms with E-state index in [2.05, 4.69) is 54.3 Å². The van der Waals surface area contributed by atoms with E-state index >= 15 is 0 Å². The van der Waals surface area contributed by atoms with Crippen molar-refractivity contribution in [2.45, 2.75) is 49.9 Å². The zero-order valence-electron chi connectivity index (χ0n) is 35.6. The number of aromatic hydroxyl groups is 1. The summed E-state index contributed by atoms with van der Waals surface area (Å²) >= 11 is 0. The number of ether oxygens (including phenoxy) is 2. The number of piperazine rings is 2. The molecule has 0 spiro atoms. The molecule has 2 bridgehead atoms. The van der Waals surface area contributed by atoms with Crippen LogP contribution in [0.2, 0.25) is 0 Å². The third kappa shape index (κ3) is 10.0. The Morgan fingerprint density at radius 2 is 1.58 bits per heavy atom. The number of morpholine rings is 1. The van der Waals surface area contributed by atoms with Crippen molar-refractivity contribution in [1.82, 2.24) is 30.2 Å².